The van der Waals surface area contributed by atoms with Gasteiger partial charge in [-0.2, -0.15) is 5.10 Å². The summed E-state index contributed by atoms with van der Waals surface area (Å²) >= 11 is 5.69. The van der Waals surface area contributed by atoms with Crippen molar-refractivity contribution in [1.29, 1.82) is 0 Å². The first-order chi connectivity index (χ1) is 8.92. The van der Waals surface area contributed by atoms with Gasteiger partial charge in [0.2, 0.25) is 0 Å². The van der Waals surface area contributed by atoms with Crippen LogP contribution in [0.1, 0.15) is 12.6 Å². The summed E-state index contributed by atoms with van der Waals surface area (Å²) in [6, 6.07) is 3.06. The molecule has 0 unspecified atom stereocenters. The largest absolute Gasteiger partial charge is 0.271 e. The minimum atomic E-state index is -3.69. The molecular formula is C11H13ClN4O2S. The third kappa shape index (κ3) is 3.05. The second-order valence-corrected chi connectivity index (χ2v) is 5.99. The van der Waals surface area contributed by atoms with Gasteiger partial charge in [-0.3, -0.25) is 9.40 Å². The maximum Gasteiger partial charge on any atom is 0.266 e. The molecule has 102 valence electrons. The van der Waals surface area contributed by atoms with Gasteiger partial charge >= 0.3 is 0 Å². The molecule has 2 aromatic heterocycles. The van der Waals surface area contributed by atoms with Crippen LogP contribution in [0.2, 0.25) is 5.02 Å². The first-order valence-corrected chi connectivity index (χ1v) is 7.47. The maximum absolute atomic E-state index is 12.2. The third-order valence-corrected chi connectivity index (χ3v) is 4.16. The van der Waals surface area contributed by atoms with E-state index in [1.165, 1.54) is 18.5 Å². The van der Waals surface area contributed by atoms with Gasteiger partial charge in [-0.25, -0.2) is 13.4 Å². The van der Waals surface area contributed by atoms with Gasteiger partial charge in [0.05, 0.1) is 10.7 Å². The Labute approximate surface area is 116 Å². The average Bonchev–Trinajstić information content (AvgIpc) is 2.74. The van der Waals surface area contributed by atoms with Crippen molar-refractivity contribution in [1.82, 2.24) is 14.8 Å². The summed E-state index contributed by atoms with van der Waals surface area (Å²) in [5.41, 5.74) is 0.448. The molecule has 0 bridgehead atoms. The van der Waals surface area contributed by atoms with E-state index in [-0.39, 0.29) is 10.7 Å². The summed E-state index contributed by atoms with van der Waals surface area (Å²) in [5, 5.41) is 4.55. The van der Waals surface area contributed by atoms with Crippen LogP contribution in [0.15, 0.2) is 29.4 Å². The van der Waals surface area contributed by atoms with Crippen molar-refractivity contribution in [2.45, 2.75) is 25.3 Å². The molecule has 0 amide bonds. The number of sulfonamides is 1. The fourth-order valence-electron chi connectivity index (χ4n) is 1.55. The minimum Gasteiger partial charge on any atom is -0.271 e. The molecule has 0 saturated carbocycles. The predicted octanol–water partition coefficient (Wildman–Crippen LogP) is 2.06. The van der Waals surface area contributed by atoms with Crippen molar-refractivity contribution >= 4 is 27.4 Å². The number of aromatic nitrogens is 3. The highest BCUT2D eigenvalue weighted by atomic mass is 35.5. The second kappa shape index (κ2) is 5.18. The number of anilines is 1. The summed E-state index contributed by atoms with van der Waals surface area (Å²) in [4.78, 5) is 4.04. The van der Waals surface area contributed by atoms with Crippen molar-refractivity contribution in [3.8, 4) is 0 Å². The molecule has 2 aromatic rings. The zero-order chi connectivity index (χ0) is 14.0. The number of nitrogens with one attached hydrogen (secondary N) is 1. The Balaban J connectivity index is 2.31. The molecule has 8 heteroatoms. The van der Waals surface area contributed by atoms with E-state index in [1.54, 1.807) is 17.7 Å². The van der Waals surface area contributed by atoms with Crippen LogP contribution >= 0.6 is 11.6 Å². The van der Waals surface area contributed by atoms with Gasteiger partial charge < -0.3 is 0 Å². The number of hydrogen-bond acceptors (Lipinski definition) is 4. The Morgan fingerprint density at radius 2 is 2.16 bits per heavy atom. The van der Waals surface area contributed by atoms with Crippen LogP contribution in [0.3, 0.4) is 0 Å². The number of nitrogens with zero attached hydrogens (tertiary/aromatic N) is 3. The highest BCUT2D eigenvalue weighted by Crippen LogP contribution is 2.18. The molecule has 0 saturated heterocycles. The molecule has 6 nitrogen and oxygen atoms in total. The highest BCUT2D eigenvalue weighted by Gasteiger charge is 2.20. The van der Waals surface area contributed by atoms with E-state index in [0.717, 1.165) is 0 Å². The first-order valence-electron chi connectivity index (χ1n) is 5.61. The smallest absolute Gasteiger partial charge is 0.266 e. The monoisotopic (exact) mass is 300 g/mol. The van der Waals surface area contributed by atoms with Gasteiger partial charge in [-0.05, 0) is 26.0 Å². The summed E-state index contributed by atoms with van der Waals surface area (Å²) in [7, 11) is -3.69. The van der Waals surface area contributed by atoms with E-state index < -0.39 is 10.0 Å². The van der Waals surface area contributed by atoms with E-state index in [1.807, 2.05) is 6.92 Å². The van der Waals surface area contributed by atoms with Gasteiger partial charge in [-0.1, -0.05) is 11.6 Å². The molecule has 0 atom stereocenters. The predicted molar refractivity (Wildman–Crippen MR) is 72.7 cm³/mol. The summed E-state index contributed by atoms with van der Waals surface area (Å²) in [5.74, 6) is 0.216. The van der Waals surface area contributed by atoms with E-state index >= 15 is 0 Å². The van der Waals surface area contributed by atoms with Crippen LogP contribution in [0.25, 0.3) is 0 Å². The Bertz CT molecular complexity index is 679. The molecule has 0 radical (unpaired) electrons. The van der Waals surface area contributed by atoms with Crippen LogP contribution in [0.5, 0.6) is 0 Å². The van der Waals surface area contributed by atoms with E-state index in [0.29, 0.717) is 17.3 Å². The van der Waals surface area contributed by atoms with E-state index in [9.17, 15) is 8.42 Å². The molecule has 0 aliphatic rings. The molecule has 0 spiro atoms. The number of halogens is 1. The van der Waals surface area contributed by atoms with Gasteiger partial charge in [0.1, 0.15) is 10.7 Å². The van der Waals surface area contributed by atoms with Crippen LogP contribution in [0.4, 0.5) is 5.82 Å². The van der Waals surface area contributed by atoms with E-state index in [2.05, 4.69) is 14.8 Å². The molecule has 0 aliphatic carbocycles. The summed E-state index contributed by atoms with van der Waals surface area (Å²) in [6.45, 7) is 4.14. The lowest BCUT2D eigenvalue weighted by Gasteiger charge is -2.05. The zero-order valence-corrected chi connectivity index (χ0v) is 12.0. The quantitative estimate of drug-likeness (QED) is 0.937. The van der Waals surface area contributed by atoms with Crippen molar-refractivity contribution in [3.05, 3.63) is 35.2 Å². The highest BCUT2D eigenvalue weighted by molar-refractivity contribution is 7.92. The van der Waals surface area contributed by atoms with Gasteiger partial charge in [0.15, 0.2) is 0 Å². The number of rotatable bonds is 4. The molecule has 2 rings (SSSR count). The first kappa shape index (κ1) is 13.8. The standard InChI is InChI=1S/C11H13ClN4O2S/c1-3-16-7-10(8(2)14-16)19(17,18)15-11-5-4-9(12)6-13-11/h4-7H,3H2,1-2H3,(H,13,15). The molecule has 0 aromatic carbocycles. The zero-order valence-electron chi connectivity index (χ0n) is 10.5. The lowest BCUT2D eigenvalue weighted by molar-refractivity contribution is 0.600. The Kier molecular flexibility index (Phi) is 3.77. The van der Waals surface area contributed by atoms with Gasteiger partial charge in [0, 0.05) is 18.9 Å². The Morgan fingerprint density at radius 3 is 2.68 bits per heavy atom. The maximum atomic E-state index is 12.2. The molecule has 2 heterocycles. The number of hydrogen-bond donors (Lipinski definition) is 1. The average molecular weight is 301 g/mol. The summed E-state index contributed by atoms with van der Waals surface area (Å²) in [6.07, 6.45) is 2.87. The Morgan fingerprint density at radius 1 is 1.42 bits per heavy atom. The molecule has 1 N–H and O–H groups in total. The van der Waals surface area contributed by atoms with Crippen molar-refractivity contribution in [2.24, 2.45) is 0 Å². The normalized spacial score (nSPS) is 11.5. The topological polar surface area (TPSA) is 76.9 Å². The van der Waals surface area contributed by atoms with Crippen molar-refractivity contribution in [2.75, 3.05) is 4.72 Å². The summed E-state index contributed by atoms with van der Waals surface area (Å²) < 4.78 is 28.4. The molecular weight excluding hydrogens is 288 g/mol. The molecule has 0 aliphatic heterocycles. The van der Waals surface area contributed by atoms with Crippen molar-refractivity contribution in [3.63, 3.8) is 0 Å². The lowest BCUT2D eigenvalue weighted by atomic mass is 10.5. The minimum absolute atomic E-state index is 0.145. The van der Waals surface area contributed by atoms with Gasteiger partial charge in [0.25, 0.3) is 10.0 Å². The van der Waals surface area contributed by atoms with Gasteiger partial charge in [-0.15, -0.1) is 0 Å². The number of aryl methyl sites for hydroxylation is 2. The second-order valence-electron chi connectivity index (χ2n) is 3.90. The SMILES string of the molecule is CCn1cc(S(=O)(=O)Nc2ccc(Cl)cn2)c(C)n1. The molecule has 0 fully saturated rings. The van der Waals surface area contributed by atoms with Crippen LogP contribution < -0.4 is 4.72 Å². The fourth-order valence-corrected chi connectivity index (χ4v) is 2.86. The van der Waals surface area contributed by atoms with Crippen LogP contribution in [-0.2, 0) is 16.6 Å². The third-order valence-electron chi connectivity index (χ3n) is 2.48. The lowest BCUT2D eigenvalue weighted by Crippen LogP contribution is -2.14. The Hall–Kier alpha value is -1.60. The van der Waals surface area contributed by atoms with Crippen molar-refractivity contribution < 1.29 is 8.42 Å². The fraction of sp³-hybridized carbons (Fsp3) is 0.273. The molecule has 19 heavy (non-hydrogen) atoms. The number of pyridine rings is 1. The van der Waals surface area contributed by atoms with Crippen LogP contribution in [0, 0.1) is 6.92 Å². The van der Waals surface area contributed by atoms with E-state index in [4.69, 9.17) is 11.6 Å². The van der Waals surface area contributed by atoms with Crippen LogP contribution in [-0.4, -0.2) is 23.2 Å².